The Bertz CT molecular complexity index is 722. The molecule has 2 saturated heterocycles. The van der Waals surface area contributed by atoms with Gasteiger partial charge in [-0.05, 0) is 22.8 Å². The van der Waals surface area contributed by atoms with Crippen LogP contribution < -0.4 is 0 Å². The van der Waals surface area contributed by atoms with E-state index in [1.807, 2.05) is 18.2 Å². The third-order valence-corrected chi connectivity index (χ3v) is 5.09. The maximum absolute atomic E-state index is 13.2. The van der Waals surface area contributed by atoms with Crippen LogP contribution in [0.1, 0.15) is 6.42 Å². The molecule has 0 N–H and O–H groups in total. The fraction of sp³-hybridized carbons (Fsp3) is 0.350. The molecule has 4 unspecified atom stereocenters. The lowest BCUT2D eigenvalue weighted by molar-refractivity contribution is -0.137. The second kappa shape index (κ2) is 6.04. The van der Waals surface area contributed by atoms with E-state index in [0.717, 1.165) is 28.9 Å². The van der Waals surface area contributed by atoms with Gasteiger partial charge in [-0.3, -0.25) is 4.79 Å². The summed E-state index contributed by atoms with van der Waals surface area (Å²) in [7, 11) is 0. The summed E-state index contributed by atoms with van der Waals surface area (Å²) in [5.74, 6) is 0.391. The summed E-state index contributed by atoms with van der Waals surface area (Å²) in [6.07, 6.45) is 11.8. The molecule has 24 heavy (non-hydrogen) atoms. The first-order chi connectivity index (χ1) is 11.7. The quantitative estimate of drug-likeness (QED) is 0.749. The van der Waals surface area contributed by atoms with Gasteiger partial charge in [-0.25, -0.2) is 0 Å². The molecule has 4 atom stereocenters. The normalized spacial score (nSPS) is 34.8. The molecule has 4 nitrogen and oxygen atoms in total. The average molecular weight is 324 g/mol. The van der Waals surface area contributed by atoms with Gasteiger partial charge in [-0.2, -0.15) is 0 Å². The number of allylic oxidation sites excluding steroid dienone is 5. The highest BCUT2D eigenvalue weighted by Gasteiger charge is 2.44. The second-order valence-electron chi connectivity index (χ2n) is 6.35. The lowest BCUT2D eigenvalue weighted by atomic mass is 9.72. The number of fused-ring (bicyclic) bond motifs is 3. The highest BCUT2D eigenvalue weighted by molar-refractivity contribution is 5.92. The van der Waals surface area contributed by atoms with E-state index >= 15 is 0 Å². The molecule has 4 aliphatic rings. The summed E-state index contributed by atoms with van der Waals surface area (Å²) in [5.41, 5.74) is 3.00. The third-order valence-electron chi connectivity index (χ3n) is 5.09. The van der Waals surface area contributed by atoms with Gasteiger partial charge in [0.2, 0.25) is 0 Å². The van der Waals surface area contributed by atoms with Crippen LogP contribution in [-0.2, 0) is 19.0 Å². The minimum atomic E-state index is -0.307. The van der Waals surface area contributed by atoms with Gasteiger partial charge in [0.1, 0.15) is 11.9 Å². The number of carbonyl (C=O) groups excluding carboxylic acids is 1. The van der Waals surface area contributed by atoms with E-state index in [1.54, 1.807) is 12.2 Å². The van der Waals surface area contributed by atoms with Crippen molar-refractivity contribution in [3.05, 3.63) is 72.1 Å². The van der Waals surface area contributed by atoms with E-state index in [9.17, 15) is 4.79 Å². The van der Waals surface area contributed by atoms with Gasteiger partial charge in [-0.1, -0.05) is 43.5 Å². The highest BCUT2D eigenvalue weighted by Crippen LogP contribution is 2.42. The molecule has 0 saturated carbocycles. The van der Waals surface area contributed by atoms with E-state index in [1.165, 1.54) is 0 Å². The summed E-state index contributed by atoms with van der Waals surface area (Å²) in [6.45, 7) is 8.19. The molecular weight excluding hydrogens is 304 g/mol. The lowest BCUT2D eigenvalue weighted by Gasteiger charge is -2.39. The molecular formula is C20H20O4. The third kappa shape index (κ3) is 2.34. The first-order valence-corrected chi connectivity index (χ1v) is 8.20. The number of carbonyl (C=O) groups is 1. The number of hydrogen-bond donors (Lipinski definition) is 0. The molecule has 0 amide bonds. The standard InChI is InChI=1S/C20H20O4/c1-3-5-12(4-2)15-10-22-16-7-6-13-8-17-18(24-11-23-17)9-14(13)19(16)20(15)21/h3-7,9,15-17,19H,1-2,8,10-11H2/b12-5+. The molecule has 4 heteroatoms. The molecule has 2 aliphatic carbocycles. The van der Waals surface area contributed by atoms with E-state index < -0.39 is 0 Å². The van der Waals surface area contributed by atoms with Crippen LogP contribution in [0.4, 0.5) is 0 Å². The van der Waals surface area contributed by atoms with Crippen molar-refractivity contribution in [3.63, 3.8) is 0 Å². The second-order valence-corrected chi connectivity index (χ2v) is 6.35. The number of ketones is 1. The van der Waals surface area contributed by atoms with Crippen LogP contribution in [0.25, 0.3) is 0 Å². The van der Waals surface area contributed by atoms with Crippen molar-refractivity contribution in [3.8, 4) is 0 Å². The van der Waals surface area contributed by atoms with E-state index in [2.05, 4.69) is 19.2 Å². The van der Waals surface area contributed by atoms with Crippen LogP contribution in [0.15, 0.2) is 72.1 Å². The van der Waals surface area contributed by atoms with Crippen LogP contribution in [0.2, 0.25) is 0 Å². The Morgan fingerprint density at radius 2 is 2.17 bits per heavy atom. The Balaban J connectivity index is 1.69. The van der Waals surface area contributed by atoms with Crippen molar-refractivity contribution < 1.29 is 19.0 Å². The Morgan fingerprint density at radius 3 is 2.96 bits per heavy atom. The minimum Gasteiger partial charge on any atom is -0.469 e. The summed E-state index contributed by atoms with van der Waals surface area (Å²) < 4.78 is 17.1. The van der Waals surface area contributed by atoms with E-state index in [-0.39, 0.29) is 36.6 Å². The predicted octanol–water partition coefficient (Wildman–Crippen LogP) is 3.01. The van der Waals surface area contributed by atoms with Crippen molar-refractivity contribution in [1.82, 2.24) is 0 Å². The molecule has 2 heterocycles. The van der Waals surface area contributed by atoms with Gasteiger partial charge >= 0.3 is 0 Å². The van der Waals surface area contributed by atoms with Gasteiger partial charge in [0.25, 0.3) is 0 Å². The van der Waals surface area contributed by atoms with Crippen molar-refractivity contribution in [2.24, 2.45) is 11.8 Å². The number of hydrogen-bond acceptors (Lipinski definition) is 4. The summed E-state index contributed by atoms with van der Waals surface area (Å²) >= 11 is 0. The van der Waals surface area contributed by atoms with Crippen LogP contribution in [0, 0.1) is 11.8 Å². The smallest absolute Gasteiger partial charge is 0.189 e. The molecule has 0 radical (unpaired) electrons. The Hall–Kier alpha value is -2.17. The Kier molecular flexibility index (Phi) is 3.87. The average Bonchev–Trinajstić information content (AvgIpc) is 3.05. The molecule has 0 aromatic rings. The predicted molar refractivity (Wildman–Crippen MR) is 89.9 cm³/mol. The summed E-state index contributed by atoms with van der Waals surface area (Å²) in [6, 6.07) is 0. The van der Waals surface area contributed by atoms with Gasteiger partial charge in [0.15, 0.2) is 12.6 Å². The lowest BCUT2D eigenvalue weighted by Crippen LogP contribution is -2.45. The first-order valence-electron chi connectivity index (χ1n) is 8.20. The van der Waals surface area contributed by atoms with Crippen LogP contribution in [0.3, 0.4) is 0 Å². The van der Waals surface area contributed by atoms with E-state index in [4.69, 9.17) is 14.2 Å². The monoisotopic (exact) mass is 324 g/mol. The van der Waals surface area contributed by atoms with Crippen molar-refractivity contribution in [2.45, 2.75) is 18.6 Å². The SMILES string of the molecule is C=C/C=C(\C=C)C1COC2C=CC3=C(C=C4OCOC4C3)C2C1=O. The molecule has 0 aromatic heterocycles. The largest absolute Gasteiger partial charge is 0.469 e. The molecule has 0 bridgehead atoms. The van der Waals surface area contributed by atoms with Crippen molar-refractivity contribution in [1.29, 1.82) is 0 Å². The molecule has 124 valence electrons. The molecule has 0 aromatic carbocycles. The molecule has 2 aliphatic heterocycles. The van der Waals surface area contributed by atoms with Gasteiger partial charge in [-0.15, -0.1) is 0 Å². The highest BCUT2D eigenvalue weighted by atomic mass is 16.7. The fourth-order valence-corrected chi connectivity index (χ4v) is 3.87. The Morgan fingerprint density at radius 1 is 1.29 bits per heavy atom. The van der Waals surface area contributed by atoms with Gasteiger partial charge in [0, 0.05) is 6.42 Å². The Labute approximate surface area is 141 Å². The van der Waals surface area contributed by atoms with Crippen LogP contribution in [0.5, 0.6) is 0 Å². The summed E-state index contributed by atoms with van der Waals surface area (Å²) in [5, 5.41) is 0. The molecule has 4 rings (SSSR count). The zero-order valence-corrected chi connectivity index (χ0v) is 13.4. The molecule has 2 fully saturated rings. The maximum Gasteiger partial charge on any atom is 0.189 e. The van der Waals surface area contributed by atoms with Gasteiger partial charge < -0.3 is 14.2 Å². The van der Waals surface area contributed by atoms with Gasteiger partial charge in [0.05, 0.1) is 24.5 Å². The van der Waals surface area contributed by atoms with Crippen LogP contribution in [-0.4, -0.2) is 31.4 Å². The topological polar surface area (TPSA) is 44.8 Å². The molecule has 0 spiro atoms. The van der Waals surface area contributed by atoms with Crippen molar-refractivity contribution >= 4 is 5.78 Å². The minimum absolute atomic E-state index is 0.0234. The summed E-state index contributed by atoms with van der Waals surface area (Å²) in [4.78, 5) is 13.2. The fourth-order valence-electron chi connectivity index (χ4n) is 3.87. The first kappa shape index (κ1) is 15.4. The maximum atomic E-state index is 13.2. The number of rotatable bonds is 3. The number of ether oxygens (including phenoxy) is 3. The zero-order chi connectivity index (χ0) is 16.7. The van der Waals surface area contributed by atoms with E-state index in [0.29, 0.717) is 6.61 Å². The zero-order valence-electron chi connectivity index (χ0n) is 13.4. The number of Topliss-reactive ketones (excluding diaryl/α,β-unsaturated/α-hetero) is 1. The van der Waals surface area contributed by atoms with Crippen LogP contribution >= 0.6 is 0 Å². The van der Waals surface area contributed by atoms with Crippen molar-refractivity contribution in [2.75, 3.05) is 13.4 Å².